The summed E-state index contributed by atoms with van der Waals surface area (Å²) >= 11 is 0. The highest BCUT2D eigenvalue weighted by Crippen LogP contribution is 2.38. The van der Waals surface area contributed by atoms with Crippen molar-refractivity contribution in [1.82, 2.24) is 9.80 Å². The molecule has 2 heterocycles. The van der Waals surface area contributed by atoms with Gasteiger partial charge in [0.2, 0.25) is 0 Å². The highest BCUT2D eigenvalue weighted by molar-refractivity contribution is 6.06. The number of likely N-dealkylation sites (tertiary alicyclic amines) is 1. The Morgan fingerprint density at radius 3 is 2.76 bits per heavy atom. The van der Waals surface area contributed by atoms with E-state index in [4.69, 9.17) is 9.47 Å². The van der Waals surface area contributed by atoms with E-state index < -0.39 is 6.10 Å². The lowest BCUT2D eigenvalue weighted by atomic mass is 9.97. The van der Waals surface area contributed by atoms with Crippen molar-refractivity contribution < 1.29 is 19.4 Å². The van der Waals surface area contributed by atoms with E-state index in [1.165, 1.54) is 0 Å². The van der Waals surface area contributed by atoms with Gasteiger partial charge < -0.3 is 14.6 Å². The number of fused-ring (bicyclic) bond motifs is 3. The van der Waals surface area contributed by atoms with Crippen LogP contribution in [0.1, 0.15) is 41.6 Å². The molecule has 1 saturated heterocycles. The molecule has 2 aromatic carbocycles. The molecule has 5 rings (SSSR count). The molecule has 1 amide bonds. The summed E-state index contributed by atoms with van der Waals surface area (Å²) in [6, 6.07) is 10.0. The maximum absolute atomic E-state index is 13.4. The van der Waals surface area contributed by atoms with Gasteiger partial charge in [0.05, 0.1) is 23.8 Å². The van der Waals surface area contributed by atoms with Gasteiger partial charge >= 0.3 is 0 Å². The Balaban J connectivity index is 1.51. The van der Waals surface area contributed by atoms with Crippen LogP contribution >= 0.6 is 0 Å². The second-order valence-corrected chi connectivity index (χ2v) is 8.45. The van der Waals surface area contributed by atoms with Crippen molar-refractivity contribution >= 4 is 16.7 Å². The van der Waals surface area contributed by atoms with Crippen LogP contribution in [0.4, 0.5) is 0 Å². The summed E-state index contributed by atoms with van der Waals surface area (Å²) in [5.74, 6) is 0.648. The van der Waals surface area contributed by atoms with Crippen molar-refractivity contribution in [3.05, 3.63) is 41.5 Å². The average Bonchev–Trinajstić information content (AvgIpc) is 3.37. The van der Waals surface area contributed by atoms with Crippen molar-refractivity contribution in [2.45, 2.75) is 50.5 Å². The molecule has 0 radical (unpaired) electrons. The van der Waals surface area contributed by atoms with E-state index in [0.717, 1.165) is 61.7 Å². The van der Waals surface area contributed by atoms with Crippen LogP contribution in [0.15, 0.2) is 30.3 Å². The summed E-state index contributed by atoms with van der Waals surface area (Å²) in [5, 5.41) is 12.4. The van der Waals surface area contributed by atoms with Gasteiger partial charge in [-0.3, -0.25) is 14.6 Å². The zero-order valence-electron chi connectivity index (χ0n) is 16.8. The Kier molecular flexibility index (Phi) is 4.94. The van der Waals surface area contributed by atoms with E-state index in [1.807, 2.05) is 24.3 Å². The van der Waals surface area contributed by atoms with Gasteiger partial charge in [0, 0.05) is 32.1 Å². The van der Waals surface area contributed by atoms with E-state index in [2.05, 4.69) is 11.0 Å². The number of rotatable bonds is 4. The standard InChI is InChI=1S/C23H28N2O4/c1-28-16-9-10-24(13-16)12-15-11-19-22(18-6-3-2-5-17(15)18)29-14-25(23(19)27)20-7-4-8-21(20)26/h2-3,5-6,11,16,20-21,26H,4,7-10,12-14H2,1H3/t16?,20-,21-/m0/s1. The number of carbonyl (C=O) groups excluding carboxylic acids is 1. The molecular formula is C23H28N2O4. The Labute approximate surface area is 171 Å². The predicted molar refractivity (Wildman–Crippen MR) is 110 cm³/mol. The molecule has 154 valence electrons. The number of aliphatic hydroxyl groups excluding tert-OH is 1. The highest BCUT2D eigenvalue weighted by atomic mass is 16.5. The Morgan fingerprint density at radius 1 is 1.21 bits per heavy atom. The Morgan fingerprint density at radius 2 is 2.03 bits per heavy atom. The van der Waals surface area contributed by atoms with Gasteiger partial charge in [-0.2, -0.15) is 0 Å². The average molecular weight is 396 g/mol. The number of hydrogen-bond acceptors (Lipinski definition) is 5. The van der Waals surface area contributed by atoms with E-state index in [9.17, 15) is 9.90 Å². The molecule has 0 aromatic heterocycles. The van der Waals surface area contributed by atoms with Crippen LogP contribution in [-0.2, 0) is 11.3 Å². The highest BCUT2D eigenvalue weighted by Gasteiger charge is 2.38. The number of ether oxygens (including phenoxy) is 2. The van der Waals surface area contributed by atoms with Crippen molar-refractivity contribution in [3.8, 4) is 5.75 Å². The van der Waals surface area contributed by atoms with E-state index in [1.54, 1.807) is 12.0 Å². The molecule has 3 atom stereocenters. The number of amides is 1. The van der Waals surface area contributed by atoms with Gasteiger partial charge in [0.25, 0.3) is 5.91 Å². The zero-order chi connectivity index (χ0) is 20.0. The molecule has 1 aliphatic carbocycles. The molecule has 29 heavy (non-hydrogen) atoms. The maximum Gasteiger partial charge on any atom is 0.260 e. The van der Waals surface area contributed by atoms with Crippen molar-refractivity contribution in [2.75, 3.05) is 26.9 Å². The van der Waals surface area contributed by atoms with Gasteiger partial charge in [0.15, 0.2) is 6.73 Å². The molecule has 1 unspecified atom stereocenters. The molecule has 1 N–H and O–H groups in total. The van der Waals surface area contributed by atoms with Crippen LogP contribution in [0.25, 0.3) is 10.8 Å². The van der Waals surface area contributed by atoms with E-state index in [-0.39, 0.29) is 24.8 Å². The third kappa shape index (κ3) is 3.29. The Bertz CT molecular complexity index is 930. The molecule has 2 aliphatic heterocycles. The van der Waals surface area contributed by atoms with Crippen LogP contribution in [0.5, 0.6) is 5.75 Å². The third-order valence-electron chi connectivity index (χ3n) is 6.72. The van der Waals surface area contributed by atoms with Crippen LogP contribution in [0.2, 0.25) is 0 Å². The zero-order valence-corrected chi connectivity index (χ0v) is 16.8. The molecule has 1 saturated carbocycles. The fourth-order valence-corrected chi connectivity index (χ4v) is 5.12. The molecule has 2 aromatic rings. The van der Waals surface area contributed by atoms with Crippen molar-refractivity contribution in [1.29, 1.82) is 0 Å². The first kappa shape index (κ1) is 18.9. The maximum atomic E-state index is 13.4. The van der Waals surface area contributed by atoms with Gasteiger partial charge in [-0.25, -0.2) is 0 Å². The minimum absolute atomic E-state index is 0.0274. The van der Waals surface area contributed by atoms with E-state index >= 15 is 0 Å². The second-order valence-electron chi connectivity index (χ2n) is 8.45. The van der Waals surface area contributed by atoms with Crippen LogP contribution in [0.3, 0.4) is 0 Å². The van der Waals surface area contributed by atoms with E-state index in [0.29, 0.717) is 11.3 Å². The fraction of sp³-hybridized carbons (Fsp3) is 0.522. The van der Waals surface area contributed by atoms with Gasteiger partial charge in [-0.1, -0.05) is 24.3 Å². The minimum Gasteiger partial charge on any atom is -0.472 e. The lowest BCUT2D eigenvalue weighted by Gasteiger charge is -2.35. The van der Waals surface area contributed by atoms with Gasteiger partial charge in [-0.05, 0) is 42.7 Å². The summed E-state index contributed by atoms with van der Waals surface area (Å²) in [6.45, 7) is 2.90. The first-order valence-electron chi connectivity index (χ1n) is 10.6. The number of benzene rings is 2. The van der Waals surface area contributed by atoms with Crippen LogP contribution < -0.4 is 4.74 Å². The normalized spacial score (nSPS) is 27.4. The molecule has 3 aliphatic rings. The number of carbonyl (C=O) groups is 1. The number of hydrogen-bond donors (Lipinski definition) is 1. The number of aliphatic hydroxyl groups is 1. The van der Waals surface area contributed by atoms with Gasteiger partial charge in [0.1, 0.15) is 5.75 Å². The summed E-state index contributed by atoms with van der Waals surface area (Å²) in [4.78, 5) is 17.5. The smallest absolute Gasteiger partial charge is 0.260 e. The molecule has 2 fully saturated rings. The molecule has 6 nitrogen and oxygen atoms in total. The minimum atomic E-state index is -0.459. The number of nitrogens with zero attached hydrogens (tertiary/aromatic N) is 2. The largest absolute Gasteiger partial charge is 0.472 e. The quantitative estimate of drug-likeness (QED) is 0.861. The molecule has 0 spiro atoms. The molecule has 0 bridgehead atoms. The summed E-state index contributed by atoms with van der Waals surface area (Å²) in [5.41, 5.74) is 1.76. The fourth-order valence-electron chi connectivity index (χ4n) is 5.12. The first-order chi connectivity index (χ1) is 14.2. The van der Waals surface area contributed by atoms with Crippen molar-refractivity contribution in [3.63, 3.8) is 0 Å². The first-order valence-corrected chi connectivity index (χ1v) is 10.6. The predicted octanol–water partition coefficient (Wildman–Crippen LogP) is 2.77. The number of methoxy groups -OCH3 is 1. The third-order valence-corrected chi connectivity index (χ3v) is 6.72. The summed E-state index contributed by atoms with van der Waals surface area (Å²) < 4.78 is 11.6. The van der Waals surface area contributed by atoms with Gasteiger partial charge in [-0.15, -0.1) is 0 Å². The van der Waals surface area contributed by atoms with Crippen LogP contribution in [-0.4, -0.2) is 66.0 Å². The van der Waals surface area contributed by atoms with Crippen molar-refractivity contribution in [2.24, 2.45) is 0 Å². The summed E-state index contributed by atoms with van der Waals surface area (Å²) in [7, 11) is 1.77. The lowest BCUT2D eigenvalue weighted by Crippen LogP contribution is -2.48. The molecule has 6 heteroatoms. The monoisotopic (exact) mass is 396 g/mol. The Hall–Kier alpha value is -2.15. The second kappa shape index (κ2) is 7.59. The topological polar surface area (TPSA) is 62.2 Å². The van der Waals surface area contributed by atoms with Crippen LogP contribution in [0, 0.1) is 0 Å². The molecular weight excluding hydrogens is 368 g/mol. The lowest BCUT2D eigenvalue weighted by molar-refractivity contribution is 0.0132. The SMILES string of the molecule is COC1CCN(Cc2cc3c(c4ccccc24)OCN([C@H]2CCC[C@@H]2O)C3=O)C1. The summed E-state index contributed by atoms with van der Waals surface area (Å²) in [6.07, 6.45) is 3.39.